The fourth-order valence-corrected chi connectivity index (χ4v) is 8.43. The summed E-state index contributed by atoms with van der Waals surface area (Å²) < 4.78 is 0. The number of thiazole rings is 1. The Labute approximate surface area is 255 Å². The number of H-pyrrole nitrogens is 1. The van der Waals surface area contributed by atoms with Crippen LogP contribution in [0.15, 0.2) is 41.9 Å². The quantitative estimate of drug-likeness (QED) is 0.218. The summed E-state index contributed by atoms with van der Waals surface area (Å²) in [6.45, 7) is 15.0. The lowest BCUT2D eigenvalue weighted by atomic mass is 9.81. The normalized spacial score (nSPS) is 19.4. The van der Waals surface area contributed by atoms with Crippen molar-refractivity contribution < 1.29 is 4.79 Å². The van der Waals surface area contributed by atoms with E-state index >= 15 is 0 Å². The zero-order valence-electron chi connectivity index (χ0n) is 26.4. The molecule has 4 heterocycles. The van der Waals surface area contributed by atoms with Crippen molar-refractivity contribution in [3.8, 4) is 11.3 Å². The molecule has 1 unspecified atom stereocenters. The van der Waals surface area contributed by atoms with Crippen LogP contribution in [0.4, 0.5) is 0 Å². The van der Waals surface area contributed by atoms with Gasteiger partial charge in [-0.15, -0.1) is 11.3 Å². The van der Waals surface area contributed by atoms with E-state index in [0.29, 0.717) is 23.9 Å². The Hall–Kier alpha value is -2.96. The van der Waals surface area contributed by atoms with Crippen LogP contribution in [0.1, 0.15) is 85.2 Å². The number of hydrogen-bond donors (Lipinski definition) is 1. The molecular formula is C36H46N4OS. The molecule has 42 heavy (non-hydrogen) atoms. The Bertz CT molecular complexity index is 1570. The minimum atomic E-state index is -0.569. The van der Waals surface area contributed by atoms with E-state index in [1.807, 2.05) is 5.51 Å². The lowest BCUT2D eigenvalue weighted by molar-refractivity contribution is -0.137. The van der Waals surface area contributed by atoms with Crippen LogP contribution in [-0.2, 0) is 16.6 Å². The Balaban J connectivity index is 1.36. The van der Waals surface area contributed by atoms with E-state index in [-0.39, 0.29) is 0 Å². The van der Waals surface area contributed by atoms with Gasteiger partial charge in [0.2, 0.25) is 5.91 Å². The van der Waals surface area contributed by atoms with Gasteiger partial charge in [0, 0.05) is 41.0 Å². The number of likely N-dealkylation sites (N-methyl/N-ethyl adjacent to an activating group) is 1. The second kappa shape index (κ2) is 11.3. The Kier molecular flexibility index (Phi) is 7.82. The van der Waals surface area contributed by atoms with Crippen molar-refractivity contribution in [2.75, 3.05) is 20.1 Å². The molecule has 0 saturated carbocycles. The fourth-order valence-electron chi connectivity index (χ4n) is 7.66. The summed E-state index contributed by atoms with van der Waals surface area (Å²) in [4.78, 5) is 28.4. The van der Waals surface area contributed by atoms with Gasteiger partial charge in [-0.2, -0.15) is 0 Å². The molecule has 2 aromatic heterocycles. The summed E-state index contributed by atoms with van der Waals surface area (Å²) >= 11 is 1.76. The predicted octanol–water partition coefficient (Wildman–Crippen LogP) is 7.93. The fraction of sp³-hybridized carbons (Fsp3) is 0.500. The molecule has 1 atom stereocenters. The van der Waals surface area contributed by atoms with Gasteiger partial charge in [-0.3, -0.25) is 4.79 Å². The summed E-state index contributed by atoms with van der Waals surface area (Å²) in [6.07, 6.45) is 5.69. The van der Waals surface area contributed by atoms with E-state index in [1.165, 1.54) is 63.9 Å². The van der Waals surface area contributed by atoms with Crippen molar-refractivity contribution in [1.82, 2.24) is 19.8 Å². The van der Waals surface area contributed by atoms with E-state index in [9.17, 15) is 4.79 Å². The highest BCUT2D eigenvalue weighted by Gasteiger charge is 2.47. The molecule has 0 radical (unpaired) electrons. The molecule has 5 nitrogen and oxygen atoms in total. The summed E-state index contributed by atoms with van der Waals surface area (Å²) in [5, 5.41) is 1.24. The molecule has 0 spiro atoms. The summed E-state index contributed by atoms with van der Waals surface area (Å²) in [7, 11) is 2.23. The first kappa shape index (κ1) is 29.1. The maximum Gasteiger partial charge on any atom is 0.233 e. The van der Waals surface area contributed by atoms with Gasteiger partial charge in [-0.25, -0.2) is 4.98 Å². The molecule has 1 N–H and O–H groups in total. The monoisotopic (exact) mass is 582 g/mol. The number of aromatic nitrogens is 2. The SMILES string of the molecule is Cc1cc(C)cc(-c2[nH]c3ccc(C(C)(C)C(=O)N4C5CCC4CC5)cc3c2C(C)CN(C)CCc2scnc2C)c1. The number of nitrogens with one attached hydrogen (secondary N) is 1. The first-order valence-corrected chi connectivity index (χ1v) is 16.6. The van der Waals surface area contributed by atoms with Crippen LogP contribution in [0.5, 0.6) is 0 Å². The highest BCUT2D eigenvalue weighted by atomic mass is 32.1. The number of carbonyl (C=O) groups is 1. The number of nitrogens with zero attached hydrogens (tertiary/aromatic N) is 3. The maximum absolute atomic E-state index is 14.0. The third-order valence-electron chi connectivity index (χ3n) is 9.94. The summed E-state index contributed by atoms with van der Waals surface area (Å²) in [5.41, 5.74) is 11.1. The molecule has 2 fully saturated rings. The average molecular weight is 583 g/mol. The maximum atomic E-state index is 14.0. The molecule has 4 aromatic rings. The van der Waals surface area contributed by atoms with Gasteiger partial charge >= 0.3 is 0 Å². The largest absolute Gasteiger partial charge is 0.354 e. The predicted molar refractivity (Wildman–Crippen MR) is 176 cm³/mol. The van der Waals surface area contributed by atoms with Gasteiger partial charge in [-0.05, 0) is 121 Å². The van der Waals surface area contributed by atoms with Crippen molar-refractivity contribution in [2.24, 2.45) is 0 Å². The van der Waals surface area contributed by atoms with Crippen LogP contribution in [-0.4, -0.2) is 57.9 Å². The number of amides is 1. The summed E-state index contributed by atoms with van der Waals surface area (Å²) in [6, 6.07) is 14.4. The zero-order valence-corrected chi connectivity index (χ0v) is 27.2. The lowest BCUT2D eigenvalue weighted by Crippen LogP contribution is -2.45. The molecule has 1 amide bonds. The second-order valence-electron chi connectivity index (χ2n) is 13.6. The number of fused-ring (bicyclic) bond motifs is 3. The van der Waals surface area contributed by atoms with Gasteiger partial charge in [0.25, 0.3) is 0 Å². The topological polar surface area (TPSA) is 52.2 Å². The number of rotatable bonds is 9. The molecule has 2 aliphatic rings. The van der Waals surface area contributed by atoms with Crippen molar-refractivity contribution in [2.45, 2.75) is 97.1 Å². The van der Waals surface area contributed by atoms with Crippen LogP contribution >= 0.6 is 11.3 Å². The van der Waals surface area contributed by atoms with Crippen molar-refractivity contribution in [3.05, 3.63) is 74.7 Å². The van der Waals surface area contributed by atoms with E-state index < -0.39 is 5.41 Å². The number of carbonyl (C=O) groups excluding carboxylic acids is 1. The van der Waals surface area contributed by atoms with Gasteiger partial charge in [0.1, 0.15) is 0 Å². The first-order valence-electron chi connectivity index (χ1n) is 15.7. The molecule has 2 bridgehead atoms. The molecule has 222 valence electrons. The number of benzene rings is 2. The Morgan fingerprint density at radius 1 is 1.07 bits per heavy atom. The minimum Gasteiger partial charge on any atom is -0.354 e. The first-order chi connectivity index (χ1) is 20.0. The smallest absolute Gasteiger partial charge is 0.233 e. The van der Waals surface area contributed by atoms with Crippen molar-refractivity contribution in [3.63, 3.8) is 0 Å². The Morgan fingerprint density at radius 2 is 1.74 bits per heavy atom. The van der Waals surface area contributed by atoms with E-state index in [0.717, 1.165) is 36.3 Å². The van der Waals surface area contributed by atoms with Crippen molar-refractivity contribution in [1.29, 1.82) is 0 Å². The Morgan fingerprint density at radius 3 is 2.36 bits per heavy atom. The minimum absolute atomic E-state index is 0.296. The standard InChI is InChI=1S/C36H46N4OS/c1-22-16-23(2)18-26(17-22)34-33(24(3)20-39(7)15-14-32-25(4)37-21-42-32)30-19-27(8-13-31(30)38-34)36(5,6)35(41)40-28-9-10-29(40)12-11-28/h8,13,16-19,21,24,28-29,38H,9-12,14-15,20H2,1-7H3. The van der Waals surface area contributed by atoms with Crippen LogP contribution in [0.2, 0.25) is 0 Å². The van der Waals surface area contributed by atoms with E-state index in [2.05, 4.69) is 105 Å². The zero-order chi connectivity index (χ0) is 29.8. The van der Waals surface area contributed by atoms with Crippen LogP contribution in [0, 0.1) is 20.8 Å². The molecule has 0 aliphatic carbocycles. The van der Waals surface area contributed by atoms with Gasteiger partial charge in [0.05, 0.1) is 22.3 Å². The van der Waals surface area contributed by atoms with Crippen molar-refractivity contribution >= 4 is 28.1 Å². The molecular weight excluding hydrogens is 536 g/mol. The third-order valence-corrected chi connectivity index (χ3v) is 10.9. The average Bonchev–Trinajstić information content (AvgIpc) is 3.73. The molecule has 6 heteroatoms. The second-order valence-corrected chi connectivity index (χ2v) is 14.6. The number of aromatic amines is 1. The van der Waals surface area contributed by atoms with Crippen LogP contribution in [0.3, 0.4) is 0 Å². The van der Waals surface area contributed by atoms with E-state index in [1.54, 1.807) is 11.3 Å². The number of aryl methyl sites for hydroxylation is 3. The van der Waals surface area contributed by atoms with Gasteiger partial charge < -0.3 is 14.8 Å². The third kappa shape index (κ3) is 5.33. The van der Waals surface area contributed by atoms with Gasteiger partial charge in [0.15, 0.2) is 0 Å². The van der Waals surface area contributed by atoms with Gasteiger partial charge in [-0.1, -0.05) is 30.2 Å². The highest BCUT2D eigenvalue weighted by molar-refractivity contribution is 7.09. The van der Waals surface area contributed by atoms with Crippen LogP contribution in [0.25, 0.3) is 22.2 Å². The summed E-state index contributed by atoms with van der Waals surface area (Å²) in [5.74, 6) is 0.593. The lowest BCUT2D eigenvalue weighted by Gasteiger charge is -2.33. The number of hydrogen-bond acceptors (Lipinski definition) is 4. The highest BCUT2D eigenvalue weighted by Crippen LogP contribution is 2.43. The molecule has 2 aromatic carbocycles. The van der Waals surface area contributed by atoms with Crippen LogP contribution < -0.4 is 0 Å². The molecule has 2 aliphatic heterocycles. The molecule has 2 saturated heterocycles. The van der Waals surface area contributed by atoms with E-state index in [4.69, 9.17) is 0 Å². The molecule has 6 rings (SSSR count).